The largest absolute Gasteiger partial charge is 0.497 e. The molecule has 1 atom stereocenters. The zero-order valence-corrected chi connectivity index (χ0v) is 15.8. The van der Waals surface area contributed by atoms with E-state index in [-0.39, 0.29) is 23.5 Å². The van der Waals surface area contributed by atoms with Crippen molar-refractivity contribution >= 4 is 15.9 Å². The Balaban J connectivity index is 1.59. The molecule has 0 saturated carbocycles. The molecule has 0 aromatic heterocycles. The molecule has 144 valence electrons. The summed E-state index contributed by atoms with van der Waals surface area (Å²) in [5.74, 6) is 0.279. The fourth-order valence-electron chi connectivity index (χ4n) is 2.85. The van der Waals surface area contributed by atoms with Crippen LogP contribution in [0.3, 0.4) is 0 Å². The maximum Gasteiger partial charge on any atom is 0.241 e. The molecule has 1 unspecified atom stereocenters. The third kappa shape index (κ3) is 4.85. The van der Waals surface area contributed by atoms with Crippen molar-refractivity contribution < 1.29 is 22.7 Å². The first-order chi connectivity index (χ1) is 13.0. The highest BCUT2D eigenvalue weighted by atomic mass is 32.2. The summed E-state index contributed by atoms with van der Waals surface area (Å²) in [4.78, 5) is 14.2. The van der Waals surface area contributed by atoms with Gasteiger partial charge < -0.3 is 14.4 Å². The fraction of sp³-hybridized carbons (Fsp3) is 0.316. The number of sulfonamides is 1. The van der Waals surface area contributed by atoms with Crippen LogP contribution in [0.25, 0.3) is 0 Å². The van der Waals surface area contributed by atoms with E-state index >= 15 is 0 Å². The van der Waals surface area contributed by atoms with E-state index < -0.39 is 10.0 Å². The van der Waals surface area contributed by atoms with Gasteiger partial charge in [0.05, 0.1) is 31.7 Å². The van der Waals surface area contributed by atoms with Crippen molar-refractivity contribution in [2.24, 2.45) is 0 Å². The molecule has 1 aliphatic rings. The van der Waals surface area contributed by atoms with E-state index in [9.17, 15) is 13.2 Å². The molecular formula is C19H22N2O5S. The number of methoxy groups -OCH3 is 1. The number of carbonyl (C=O) groups is 1. The lowest BCUT2D eigenvalue weighted by molar-refractivity contribution is -0.137. The van der Waals surface area contributed by atoms with Gasteiger partial charge in [-0.25, -0.2) is 13.1 Å². The molecule has 1 amide bonds. The highest BCUT2D eigenvalue weighted by Crippen LogP contribution is 2.22. The highest BCUT2D eigenvalue weighted by molar-refractivity contribution is 7.89. The normalized spacial score (nSPS) is 17.5. The first-order valence-corrected chi connectivity index (χ1v) is 10.1. The summed E-state index contributed by atoms with van der Waals surface area (Å²) in [5.41, 5.74) is 0.994. The molecule has 8 heteroatoms. The Morgan fingerprint density at radius 2 is 1.89 bits per heavy atom. The van der Waals surface area contributed by atoms with Crippen LogP contribution >= 0.6 is 0 Å². The monoisotopic (exact) mass is 390 g/mol. The predicted molar refractivity (Wildman–Crippen MR) is 99.9 cm³/mol. The molecule has 1 fully saturated rings. The van der Waals surface area contributed by atoms with Crippen LogP contribution in [0.5, 0.6) is 5.75 Å². The van der Waals surface area contributed by atoms with Gasteiger partial charge in [0, 0.05) is 6.54 Å². The van der Waals surface area contributed by atoms with Crippen molar-refractivity contribution in [3.8, 4) is 5.75 Å². The zero-order valence-electron chi connectivity index (χ0n) is 15.0. The molecule has 2 aromatic carbocycles. The minimum absolute atomic E-state index is 0.0836. The molecule has 7 nitrogen and oxygen atoms in total. The van der Waals surface area contributed by atoms with Crippen LogP contribution in [0.1, 0.15) is 11.7 Å². The SMILES string of the molecule is COc1ccc(S(=O)(=O)NCC(=O)N2CCOC(c3ccccc3)C2)cc1. The summed E-state index contributed by atoms with van der Waals surface area (Å²) in [6.45, 7) is 0.950. The molecule has 2 aromatic rings. The van der Waals surface area contributed by atoms with Crippen molar-refractivity contribution in [3.63, 3.8) is 0 Å². The van der Waals surface area contributed by atoms with Crippen LogP contribution in [-0.4, -0.2) is 52.6 Å². The minimum atomic E-state index is -3.77. The lowest BCUT2D eigenvalue weighted by Crippen LogP contribution is -2.46. The van der Waals surface area contributed by atoms with Crippen LogP contribution < -0.4 is 9.46 Å². The van der Waals surface area contributed by atoms with Gasteiger partial charge in [-0.05, 0) is 29.8 Å². The number of nitrogens with zero attached hydrogens (tertiary/aromatic N) is 1. The van der Waals surface area contributed by atoms with Crippen LogP contribution in [0.2, 0.25) is 0 Å². The van der Waals surface area contributed by atoms with E-state index in [0.717, 1.165) is 5.56 Å². The van der Waals surface area contributed by atoms with Gasteiger partial charge in [-0.2, -0.15) is 0 Å². The Bertz CT molecular complexity index is 869. The molecule has 1 N–H and O–H groups in total. The third-order valence-electron chi connectivity index (χ3n) is 4.37. The standard InChI is InChI=1S/C19H22N2O5S/c1-25-16-7-9-17(10-8-16)27(23,24)20-13-19(22)21-11-12-26-18(14-21)15-5-3-2-4-6-15/h2-10,18,20H,11-14H2,1H3. The molecule has 1 saturated heterocycles. The molecule has 0 spiro atoms. The Morgan fingerprint density at radius 1 is 1.19 bits per heavy atom. The lowest BCUT2D eigenvalue weighted by atomic mass is 10.1. The zero-order chi connectivity index (χ0) is 19.3. The smallest absolute Gasteiger partial charge is 0.241 e. The number of benzene rings is 2. The number of nitrogens with one attached hydrogen (secondary N) is 1. The number of morpholine rings is 1. The highest BCUT2D eigenvalue weighted by Gasteiger charge is 2.26. The second-order valence-electron chi connectivity index (χ2n) is 6.11. The van der Waals surface area contributed by atoms with Gasteiger partial charge in [0.2, 0.25) is 15.9 Å². The first-order valence-electron chi connectivity index (χ1n) is 8.57. The van der Waals surface area contributed by atoms with Crippen LogP contribution in [0.15, 0.2) is 59.5 Å². The number of hydrogen-bond donors (Lipinski definition) is 1. The number of carbonyl (C=O) groups excluding carboxylic acids is 1. The summed E-state index contributed by atoms with van der Waals surface area (Å²) < 4.78 is 37.8. The average Bonchev–Trinajstić information content (AvgIpc) is 2.73. The van der Waals surface area contributed by atoms with Gasteiger partial charge in [-0.15, -0.1) is 0 Å². The van der Waals surface area contributed by atoms with Crippen molar-refractivity contribution in [2.45, 2.75) is 11.0 Å². The van der Waals surface area contributed by atoms with Crippen LogP contribution in [0, 0.1) is 0 Å². The van der Waals surface area contributed by atoms with Gasteiger partial charge in [-0.3, -0.25) is 4.79 Å². The fourth-order valence-corrected chi connectivity index (χ4v) is 3.83. The van der Waals surface area contributed by atoms with E-state index in [1.807, 2.05) is 30.3 Å². The summed E-state index contributed by atoms with van der Waals surface area (Å²) >= 11 is 0. The number of ether oxygens (including phenoxy) is 2. The lowest BCUT2D eigenvalue weighted by Gasteiger charge is -2.33. The van der Waals surface area contributed by atoms with Crippen LogP contribution in [0.4, 0.5) is 0 Å². The van der Waals surface area contributed by atoms with Gasteiger partial charge in [0.25, 0.3) is 0 Å². The van der Waals surface area contributed by atoms with Gasteiger partial charge in [0.1, 0.15) is 11.9 Å². The number of rotatable bonds is 6. The Labute approximate surface area is 158 Å². The van der Waals surface area contributed by atoms with Crippen molar-refractivity contribution in [2.75, 3.05) is 33.4 Å². The van der Waals surface area contributed by atoms with E-state index in [4.69, 9.17) is 9.47 Å². The predicted octanol–water partition coefficient (Wildman–Crippen LogP) is 1.57. The van der Waals surface area contributed by atoms with Gasteiger partial charge >= 0.3 is 0 Å². The van der Waals surface area contributed by atoms with Crippen LogP contribution in [-0.2, 0) is 19.6 Å². The average molecular weight is 390 g/mol. The molecule has 1 aliphatic heterocycles. The van der Waals surface area contributed by atoms with E-state index in [2.05, 4.69) is 4.72 Å². The molecule has 27 heavy (non-hydrogen) atoms. The summed E-state index contributed by atoms with van der Waals surface area (Å²) in [7, 11) is -2.26. The second kappa shape index (κ2) is 8.51. The Hall–Kier alpha value is -2.42. The van der Waals surface area contributed by atoms with Crippen molar-refractivity contribution in [1.82, 2.24) is 9.62 Å². The van der Waals surface area contributed by atoms with E-state index in [0.29, 0.717) is 25.4 Å². The quantitative estimate of drug-likeness (QED) is 0.809. The maximum absolute atomic E-state index is 12.5. The van der Waals surface area contributed by atoms with Gasteiger partial charge in [0.15, 0.2) is 0 Å². The van der Waals surface area contributed by atoms with Crippen molar-refractivity contribution in [3.05, 3.63) is 60.2 Å². The third-order valence-corrected chi connectivity index (χ3v) is 5.79. The number of hydrogen-bond acceptors (Lipinski definition) is 5. The van der Waals surface area contributed by atoms with E-state index in [1.54, 1.807) is 17.0 Å². The summed E-state index contributed by atoms with van der Waals surface area (Å²) in [5, 5.41) is 0. The molecule has 0 radical (unpaired) electrons. The minimum Gasteiger partial charge on any atom is -0.497 e. The van der Waals surface area contributed by atoms with Gasteiger partial charge in [-0.1, -0.05) is 30.3 Å². The molecule has 3 rings (SSSR count). The maximum atomic E-state index is 12.5. The van der Waals surface area contributed by atoms with Crippen molar-refractivity contribution in [1.29, 1.82) is 0 Å². The summed E-state index contributed by atoms with van der Waals surface area (Å²) in [6, 6.07) is 15.6. The first kappa shape index (κ1) is 19.3. The summed E-state index contributed by atoms with van der Waals surface area (Å²) in [6.07, 6.45) is -0.206. The topological polar surface area (TPSA) is 84.9 Å². The Kier molecular flexibility index (Phi) is 6.10. The molecular weight excluding hydrogens is 368 g/mol. The molecule has 0 aliphatic carbocycles. The van der Waals surface area contributed by atoms with E-state index in [1.165, 1.54) is 19.2 Å². The second-order valence-corrected chi connectivity index (χ2v) is 7.88. The molecule has 0 bridgehead atoms. The Morgan fingerprint density at radius 3 is 2.56 bits per heavy atom. The number of amides is 1. The molecule has 1 heterocycles.